The zero-order valence-electron chi connectivity index (χ0n) is 20.8. The number of aromatic nitrogens is 1. The topological polar surface area (TPSA) is 51.7 Å². The lowest BCUT2D eigenvalue weighted by Gasteiger charge is -2.24. The van der Waals surface area contributed by atoms with Crippen molar-refractivity contribution in [2.24, 2.45) is 0 Å². The number of carbonyl (C=O) groups excluding carboxylic acids is 1. The predicted molar refractivity (Wildman–Crippen MR) is 150 cm³/mol. The molecule has 0 aliphatic rings. The van der Waals surface area contributed by atoms with E-state index in [0.29, 0.717) is 35.1 Å². The Balaban J connectivity index is 1.56. The number of hydrogen-bond donors (Lipinski definition) is 0. The molecule has 0 fully saturated rings. The van der Waals surface area contributed by atoms with E-state index in [-0.39, 0.29) is 11.8 Å². The van der Waals surface area contributed by atoms with Gasteiger partial charge in [-0.25, -0.2) is 4.98 Å². The largest absolute Gasteiger partial charge is 0.495 e. The Labute approximate surface area is 220 Å². The zero-order valence-corrected chi connectivity index (χ0v) is 21.7. The third-order valence-electron chi connectivity index (χ3n) is 6.40. The van der Waals surface area contributed by atoms with Crippen LogP contribution in [0.1, 0.15) is 29.0 Å². The molecule has 4 aromatic carbocycles. The van der Waals surface area contributed by atoms with Crippen molar-refractivity contribution in [2.45, 2.75) is 18.9 Å². The summed E-state index contributed by atoms with van der Waals surface area (Å²) in [7, 11) is 3.26. The predicted octanol–water partition coefficient (Wildman–Crippen LogP) is 7.07. The number of fused-ring (bicyclic) bond motifs is 1. The first-order valence-corrected chi connectivity index (χ1v) is 12.9. The number of anilines is 1. The van der Waals surface area contributed by atoms with Crippen LogP contribution in [-0.2, 0) is 11.3 Å². The molecular formula is C31H28N2O3S. The molecule has 1 amide bonds. The minimum absolute atomic E-state index is 0.00134. The lowest BCUT2D eigenvalue weighted by atomic mass is 9.88. The average molecular weight is 509 g/mol. The molecule has 0 bridgehead atoms. The maximum atomic E-state index is 14.1. The van der Waals surface area contributed by atoms with Crippen LogP contribution < -0.4 is 14.4 Å². The van der Waals surface area contributed by atoms with Gasteiger partial charge in [-0.2, -0.15) is 0 Å². The molecule has 0 unspecified atom stereocenters. The Kier molecular flexibility index (Phi) is 7.47. The van der Waals surface area contributed by atoms with Gasteiger partial charge in [0.1, 0.15) is 21.7 Å². The van der Waals surface area contributed by atoms with E-state index in [0.717, 1.165) is 21.4 Å². The molecule has 0 atom stereocenters. The van der Waals surface area contributed by atoms with E-state index in [1.165, 1.54) is 11.3 Å². The minimum Gasteiger partial charge on any atom is -0.495 e. The van der Waals surface area contributed by atoms with Gasteiger partial charge in [-0.1, -0.05) is 102 Å². The van der Waals surface area contributed by atoms with Gasteiger partial charge in [-0.3, -0.25) is 9.69 Å². The first-order chi connectivity index (χ1) is 18.2. The summed E-state index contributed by atoms with van der Waals surface area (Å²) in [6.45, 7) is 0.417. The monoisotopic (exact) mass is 508 g/mol. The van der Waals surface area contributed by atoms with Gasteiger partial charge < -0.3 is 9.47 Å². The van der Waals surface area contributed by atoms with E-state index >= 15 is 0 Å². The number of amides is 1. The van der Waals surface area contributed by atoms with E-state index < -0.39 is 0 Å². The Hall–Kier alpha value is -4.16. The fraction of sp³-hybridized carbons (Fsp3) is 0.161. The van der Waals surface area contributed by atoms with E-state index in [4.69, 9.17) is 14.5 Å². The van der Waals surface area contributed by atoms with Crippen molar-refractivity contribution in [2.75, 3.05) is 19.1 Å². The zero-order chi connectivity index (χ0) is 25.6. The molecule has 0 saturated carbocycles. The number of benzene rings is 4. The number of carbonyl (C=O) groups is 1. The SMILES string of the molecule is COc1ccc(OC)c2sc(N(Cc3ccccc3)C(=O)CC(c3ccccc3)c3ccccc3)nc12. The van der Waals surface area contributed by atoms with Gasteiger partial charge in [0.25, 0.3) is 0 Å². The number of nitrogens with zero attached hydrogens (tertiary/aromatic N) is 2. The second-order valence-electron chi connectivity index (χ2n) is 8.69. The van der Waals surface area contributed by atoms with Crippen LogP contribution in [0.5, 0.6) is 11.5 Å². The molecule has 0 aliphatic heterocycles. The summed E-state index contributed by atoms with van der Waals surface area (Å²) < 4.78 is 12.0. The van der Waals surface area contributed by atoms with Gasteiger partial charge in [0, 0.05) is 12.3 Å². The van der Waals surface area contributed by atoms with Gasteiger partial charge in [0.15, 0.2) is 5.13 Å². The van der Waals surface area contributed by atoms with E-state index in [1.54, 1.807) is 19.1 Å². The summed E-state index contributed by atoms with van der Waals surface area (Å²) in [5.41, 5.74) is 3.93. The highest BCUT2D eigenvalue weighted by atomic mass is 32.1. The van der Waals surface area contributed by atoms with Crippen LogP contribution in [0.3, 0.4) is 0 Å². The van der Waals surface area contributed by atoms with Gasteiger partial charge in [0.05, 0.1) is 20.8 Å². The van der Waals surface area contributed by atoms with Crippen molar-refractivity contribution >= 4 is 32.6 Å². The third-order valence-corrected chi connectivity index (χ3v) is 7.49. The molecule has 1 heterocycles. The van der Waals surface area contributed by atoms with Crippen molar-refractivity contribution in [1.29, 1.82) is 0 Å². The van der Waals surface area contributed by atoms with Gasteiger partial charge in [-0.05, 0) is 28.8 Å². The summed E-state index contributed by atoms with van der Waals surface area (Å²) in [6, 6.07) is 34.1. The molecule has 5 aromatic rings. The number of hydrogen-bond acceptors (Lipinski definition) is 5. The molecule has 1 aromatic heterocycles. The molecule has 186 valence electrons. The number of methoxy groups -OCH3 is 2. The van der Waals surface area contributed by atoms with Crippen LogP contribution >= 0.6 is 11.3 Å². The van der Waals surface area contributed by atoms with Crippen LogP contribution in [0.4, 0.5) is 5.13 Å². The summed E-state index contributed by atoms with van der Waals surface area (Å²) in [4.78, 5) is 20.8. The second-order valence-corrected chi connectivity index (χ2v) is 9.67. The van der Waals surface area contributed by atoms with Crippen LogP contribution in [0, 0.1) is 0 Å². The molecule has 6 heteroatoms. The lowest BCUT2D eigenvalue weighted by Crippen LogP contribution is -2.31. The molecule has 37 heavy (non-hydrogen) atoms. The standard InChI is InChI=1S/C31H28N2O3S/c1-35-26-18-19-27(36-2)30-29(26)32-31(37-30)33(21-22-12-6-3-7-13-22)28(34)20-25(23-14-8-4-9-15-23)24-16-10-5-11-17-24/h3-19,25H,20-21H2,1-2H3. The number of rotatable bonds is 9. The maximum absolute atomic E-state index is 14.1. The van der Waals surface area contributed by atoms with Gasteiger partial charge in [-0.15, -0.1) is 0 Å². The molecule has 0 N–H and O–H groups in total. The highest BCUT2D eigenvalue weighted by Gasteiger charge is 2.26. The molecule has 0 saturated heterocycles. The van der Waals surface area contributed by atoms with Crippen molar-refractivity contribution in [3.05, 3.63) is 120 Å². The van der Waals surface area contributed by atoms with E-state index in [9.17, 15) is 4.79 Å². The highest BCUT2D eigenvalue weighted by Crippen LogP contribution is 2.41. The van der Waals surface area contributed by atoms with Crippen LogP contribution in [0.15, 0.2) is 103 Å². The smallest absolute Gasteiger partial charge is 0.230 e. The van der Waals surface area contributed by atoms with Crippen LogP contribution in [0.2, 0.25) is 0 Å². The molecular weight excluding hydrogens is 480 g/mol. The van der Waals surface area contributed by atoms with Crippen LogP contribution in [-0.4, -0.2) is 25.1 Å². The molecule has 0 aliphatic carbocycles. The third kappa shape index (κ3) is 5.34. The quantitative estimate of drug-likeness (QED) is 0.214. The maximum Gasteiger partial charge on any atom is 0.230 e. The Morgan fingerprint density at radius 3 is 1.89 bits per heavy atom. The summed E-state index contributed by atoms with van der Waals surface area (Å²) in [6.07, 6.45) is 0.311. The van der Waals surface area contributed by atoms with Crippen molar-refractivity contribution in [3.8, 4) is 11.5 Å². The Bertz CT molecular complexity index is 1390. The minimum atomic E-state index is -0.0772. The van der Waals surface area contributed by atoms with Crippen LogP contribution in [0.25, 0.3) is 10.2 Å². The van der Waals surface area contributed by atoms with E-state index in [2.05, 4.69) is 24.3 Å². The highest BCUT2D eigenvalue weighted by molar-refractivity contribution is 7.22. The molecule has 5 nitrogen and oxygen atoms in total. The fourth-order valence-corrected chi connectivity index (χ4v) is 5.59. The average Bonchev–Trinajstić information content (AvgIpc) is 3.41. The first-order valence-electron chi connectivity index (χ1n) is 12.1. The van der Waals surface area contributed by atoms with Crippen molar-refractivity contribution in [1.82, 2.24) is 4.98 Å². The number of thiazole rings is 1. The lowest BCUT2D eigenvalue weighted by molar-refractivity contribution is -0.119. The molecule has 0 radical (unpaired) electrons. The summed E-state index contributed by atoms with van der Waals surface area (Å²) in [5.74, 6) is 1.28. The van der Waals surface area contributed by atoms with Crippen molar-refractivity contribution < 1.29 is 14.3 Å². The van der Waals surface area contributed by atoms with Gasteiger partial charge >= 0.3 is 0 Å². The normalized spacial score (nSPS) is 11.0. The molecule has 0 spiro atoms. The Morgan fingerprint density at radius 1 is 0.784 bits per heavy atom. The number of ether oxygens (including phenoxy) is 2. The Morgan fingerprint density at radius 2 is 1.32 bits per heavy atom. The summed E-state index contributed by atoms with van der Waals surface area (Å²) in [5, 5.41) is 0.617. The molecule has 5 rings (SSSR count). The van der Waals surface area contributed by atoms with E-state index in [1.807, 2.05) is 78.9 Å². The van der Waals surface area contributed by atoms with Gasteiger partial charge in [0.2, 0.25) is 5.91 Å². The fourth-order valence-electron chi connectivity index (χ4n) is 4.50. The van der Waals surface area contributed by atoms with Crippen molar-refractivity contribution in [3.63, 3.8) is 0 Å². The summed E-state index contributed by atoms with van der Waals surface area (Å²) >= 11 is 1.44. The second kappa shape index (κ2) is 11.3. The first kappa shape index (κ1) is 24.5.